The minimum atomic E-state index is -0.806. The Hall–Kier alpha value is -1.18. The van der Waals surface area contributed by atoms with Gasteiger partial charge in [0.15, 0.2) is 6.10 Å². The van der Waals surface area contributed by atoms with Crippen LogP contribution >= 0.6 is 15.9 Å². The van der Waals surface area contributed by atoms with Crippen LogP contribution in [0, 0.1) is 0 Å². The maximum atomic E-state index is 10.3. The van der Waals surface area contributed by atoms with Crippen LogP contribution in [0.15, 0.2) is 23.1 Å². The lowest BCUT2D eigenvalue weighted by Crippen LogP contribution is -2.21. The highest BCUT2D eigenvalue weighted by Gasteiger charge is 2.21. The van der Waals surface area contributed by atoms with Gasteiger partial charge in [-0.15, -0.1) is 0 Å². The molecule has 0 saturated carbocycles. The minimum absolute atomic E-state index is 0.516. The maximum absolute atomic E-state index is 10.3. The summed E-state index contributed by atoms with van der Waals surface area (Å²) in [6.07, 6.45) is 4.19. The molecule has 18 heavy (non-hydrogen) atoms. The highest BCUT2D eigenvalue weighted by molar-refractivity contribution is 9.10. The van der Waals surface area contributed by atoms with Crippen LogP contribution in [0.3, 0.4) is 0 Å². The molecular formula is C11H16BrN5O. The van der Waals surface area contributed by atoms with E-state index in [0.717, 1.165) is 11.0 Å². The summed E-state index contributed by atoms with van der Waals surface area (Å²) in [4.78, 5) is 9.05. The molecule has 2 heterocycles. The van der Waals surface area contributed by atoms with Gasteiger partial charge in [0.2, 0.25) is 0 Å². The Morgan fingerprint density at radius 1 is 1.56 bits per heavy atom. The van der Waals surface area contributed by atoms with E-state index in [4.69, 9.17) is 0 Å². The van der Waals surface area contributed by atoms with Gasteiger partial charge in [0.1, 0.15) is 5.82 Å². The highest BCUT2D eigenvalue weighted by Crippen LogP contribution is 2.26. The molecule has 0 saturated heterocycles. The van der Waals surface area contributed by atoms with Crippen molar-refractivity contribution in [1.29, 1.82) is 0 Å². The number of nitrogens with one attached hydrogen (secondary N) is 1. The summed E-state index contributed by atoms with van der Waals surface area (Å²) >= 11 is 3.41. The Labute approximate surface area is 114 Å². The van der Waals surface area contributed by atoms with Crippen molar-refractivity contribution < 1.29 is 5.11 Å². The minimum Gasteiger partial charge on any atom is -0.379 e. The molecule has 0 aliphatic carbocycles. The number of hydrogen-bond acceptors (Lipinski definition) is 4. The molecule has 98 valence electrons. The Bertz CT molecular complexity index is 494. The second-order valence-electron chi connectivity index (χ2n) is 4.28. The van der Waals surface area contributed by atoms with Crippen LogP contribution in [0.2, 0.25) is 0 Å². The lowest BCUT2D eigenvalue weighted by atomic mass is 10.2. The number of aliphatic hydroxyl groups excluding tert-OH is 1. The lowest BCUT2D eigenvalue weighted by molar-refractivity contribution is 0.196. The summed E-state index contributed by atoms with van der Waals surface area (Å²) in [5.74, 6) is 0.516. The van der Waals surface area contributed by atoms with Crippen LogP contribution in [0.25, 0.3) is 0 Å². The van der Waals surface area contributed by atoms with Gasteiger partial charge in [0.05, 0.1) is 22.9 Å². The van der Waals surface area contributed by atoms with Crippen molar-refractivity contribution in [2.75, 3.05) is 20.6 Å². The molecule has 6 nitrogen and oxygen atoms in total. The van der Waals surface area contributed by atoms with E-state index in [-0.39, 0.29) is 0 Å². The van der Waals surface area contributed by atoms with Crippen LogP contribution < -0.4 is 0 Å². The van der Waals surface area contributed by atoms with Crippen LogP contribution in [-0.4, -0.2) is 50.4 Å². The van der Waals surface area contributed by atoms with Gasteiger partial charge in [-0.25, -0.2) is 4.98 Å². The molecule has 0 aliphatic heterocycles. The molecule has 1 atom stereocenters. The highest BCUT2D eigenvalue weighted by atomic mass is 79.9. The molecule has 0 radical (unpaired) electrons. The Balaban J connectivity index is 2.23. The van der Waals surface area contributed by atoms with Crippen molar-refractivity contribution in [2.45, 2.75) is 12.6 Å². The Kier molecular flexibility index (Phi) is 4.15. The predicted molar refractivity (Wildman–Crippen MR) is 71.1 cm³/mol. The Morgan fingerprint density at radius 3 is 2.94 bits per heavy atom. The first kappa shape index (κ1) is 13.3. The van der Waals surface area contributed by atoms with Crippen molar-refractivity contribution in [3.8, 4) is 0 Å². The molecule has 0 bridgehead atoms. The number of aromatic nitrogens is 4. The molecule has 2 aromatic rings. The first-order chi connectivity index (χ1) is 8.59. The van der Waals surface area contributed by atoms with E-state index in [2.05, 4.69) is 35.9 Å². The standard InChI is InChI=1S/C11H16BrN5O/c1-16(2)5-6-17-9(8(12)7-15-17)10(18)11-13-3-4-14-11/h3-4,7,10,18H,5-6H2,1-2H3,(H,13,14). The summed E-state index contributed by atoms with van der Waals surface area (Å²) < 4.78 is 2.57. The SMILES string of the molecule is CN(C)CCn1ncc(Br)c1C(O)c1ncc[nH]1. The second-order valence-corrected chi connectivity index (χ2v) is 5.14. The van der Waals surface area contributed by atoms with E-state index in [0.29, 0.717) is 18.1 Å². The summed E-state index contributed by atoms with van der Waals surface area (Å²) in [7, 11) is 4.00. The summed E-state index contributed by atoms with van der Waals surface area (Å²) in [6.45, 7) is 1.57. The first-order valence-corrected chi connectivity index (χ1v) is 6.42. The third-order valence-corrected chi connectivity index (χ3v) is 3.24. The van der Waals surface area contributed by atoms with Crippen LogP contribution in [0.5, 0.6) is 0 Å². The van der Waals surface area contributed by atoms with Crippen molar-refractivity contribution in [2.24, 2.45) is 0 Å². The van der Waals surface area contributed by atoms with E-state index in [1.165, 1.54) is 0 Å². The number of aromatic amines is 1. The van der Waals surface area contributed by atoms with Crippen molar-refractivity contribution >= 4 is 15.9 Å². The van der Waals surface area contributed by atoms with Gasteiger partial charge in [0, 0.05) is 18.9 Å². The fourth-order valence-corrected chi connectivity index (χ4v) is 2.19. The topological polar surface area (TPSA) is 70.0 Å². The molecular weight excluding hydrogens is 298 g/mol. The Morgan fingerprint density at radius 2 is 2.33 bits per heavy atom. The molecule has 0 aromatic carbocycles. The molecule has 0 aliphatic rings. The first-order valence-electron chi connectivity index (χ1n) is 5.63. The van der Waals surface area contributed by atoms with E-state index < -0.39 is 6.10 Å². The van der Waals surface area contributed by atoms with Gasteiger partial charge in [-0.2, -0.15) is 5.10 Å². The number of hydrogen-bond donors (Lipinski definition) is 2. The average Bonchev–Trinajstić information content (AvgIpc) is 2.94. The van der Waals surface area contributed by atoms with Crippen molar-refractivity contribution in [3.05, 3.63) is 34.6 Å². The van der Waals surface area contributed by atoms with E-state index in [9.17, 15) is 5.11 Å². The number of likely N-dealkylation sites (N-methyl/N-ethyl adjacent to an activating group) is 1. The maximum Gasteiger partial charge on any atom is 0.154 e. The summed E-state index contributed by atoms with van der Waals surface area (Å²) in [5.41, 5.74) is 0.715. The van der Waals surface area contributed by atoms with Gasteiger partial charge in [-0.1, -0.05) is 0 Å². The molecule has 0 spiro atoms. The van der Waals surface area contributed by atoms with Crippen molar-refractivity contribution in [1.82, 2.24) is 24.6 Å². The van der Waals surface area contributed by atoms with Crippen molar-refractivity contribution in [3.63, 3.8) is 0 Å². The molecule has 1 unspecified atom stereocenters. The summed E-state index contributed by atoms with van der Waals surface area (Å²) in [6, 6.07) is 0. The van der Waals surface area contributed by atoms with E-state index in [1.54, 1.807) is 23.3 Å². The zero-order chi connectivity index (χ0) is 13.1. The van der Waals surface area contributed by atoms with Gasteiger partial charge < -0.3 is 15.0 Å². The smallest absolute Gasteiger partial charge is 0.154 e. The average molecular weight is 314 g/mol. The number of nitrogens with zero attached hydrogens (tertiary/aromatic N) is 4. The van der Waals surface area contributed by atoms with Gasteiger partial charge >= 0.3 is 0 Å². The van der Waals surface area contributed by atoms with Gasteiger partial charge in [-0.05, 0) is 30.0 Å². The van der Waals surface area contributed by atoms with Crippen LogP contribution in [-0.2, 0) is 6.54 Å². The number of imidazole rings is 1. The van der Waals surface area contributed by atoms with Crippen LogP contribution in [0.1, 0.15) is 17.6 Å². The molecule has 2 aromatic heterocycles. The molecule has 2 N–H and O–H groups in total. The third-order valence-electron chi connectivity index (χ3n) is 2.63. The lowest BCUT2D eigenvalue weighted by Gasteiger charge is -2.14. The summed E-state index contributed by atoms with van der Waals surface area (Å²) in [5, 5.41) is 14.6. The molecule has 0 fully saturated rings. The van der Waals surface area contributed by atoms with Gasteiger partial charge in [-0.3, -0.25) is 4.68 Å². The monoisotopic (exact) mass is 313 g/mol. The molecule has 2 rings (SSSR count). The molecule has 0 amide bonds. The fourth-order valence-electron chi connectivity index (χ4n) is 1.67. The number of rotatable bonds is 5. The van der Waals surface area contributed by atoms with Crippen LogP contribution in [0.4, 0.5) is 0 Å². The fraction of sp³-hybridized carbons (Fsp3) is 0.455. The molecule has 7 heteroatoms. The number of aliphatic hydroxyl groups is 1. The zero-order valence-electron chi connectivity index (χ0n) is 10.3. The second kappa shape index (κ2) is 5.64. The largest absolute Gasteiger partial charge is 0.379 e. The number of H-pyrrole nitrogens is 1. The van der Waals surface area contributed by atoms with E-state index in [1.807, 2.05) is 14.1 Å². The normalized spacial score (nSPS) is 13.2. The zero-order valence-corrected chi connectivity index (χ0v) is 11.9. The predicted octanol–water partition coefficient (Wildman–Crippen LogP) is 1.01. The third kappa shape index (κ3) is 2.80. The quantitative estimate of drug-likeness (QED) is 0.864. The number of halogens is 1. The van der Waals surface area contributed by atoms with Gasteiger partial charge in [0.25, 0.3) is 0 Å². The van der Waals surface area contributed by atoms with E-state index >= 15 is 0 Å².